The summed E-state index contributed by atoms with van der Waals surface area (Å²) in [7, 11) is 0. The van der Waals surface area contributed by atoms with Gasteiger partial charge in [0.25, 0.3) is 0 Å². The lowest BCUT2D eigenvalue weighted by atomic mass is 10.00. The first kappa shape index (κ1) is 14.3. The molecule has 0 unspecified atom stereocenters. The normalized spacial score (nSPS) is 18.5. The van der Waals surface area contributed by atoms with Crippen LogP contribution in [0.4, 0.5) is 13.2 Å². The number of nitrogens with one attached hydrogen (secondary N) is 1. The Balaban J connectivity index is 1.84. The zero-order valence-corrected chi connectivity index (χ0v) is 10.7. The van der Waals surface area contributed by atoms with E-state index in [1.54, 1.807) is 0 Å². The van der Waals surface area contributed by atoms with Gasteiger partial charge >= 0.3 is 6.18 Å². The molecule has 1 N–H and O–H groups in total. The fraction of sp³-hybridized carbons (Fsp3) is 0.833. The minimum Gasteiger partial charge on any atom is -0.338 e. The van der Waals surface area contributed by atoms with Crippen LogP contribution in [0.3, 0.4) is 0 Å². The Morgan fingerprint density at radius 1 is 1.16 bits per heavy atom. The molecule has 4 nitrogen and oxygen atoms in total. The Labute approximate surface area is 109 Å². The SMILES string of the molecule is FC(F)(F)CNCc1nc(C2CCCCCC2)no1. The number of aromatic nitrogens is 2. The van der Waals surface area contributed by atoms with Crippen molar-refractivity contribution in [1.29, 1.82) is 0 Å². The summed E-state index contributed by atoms with van der Waals surface area (Å²) in [5.74, 6) is 1.16. The van der Waals surface area contributed by atoms with Gasteiger partial charge in [-0.15, -0.1) is 0 Å². The molecule has 0 aliphatic heterocycles. The van der Waals surface area contributed by atoms with E-state index in [4.69, 9.17) is 4.52 Å². The van der Waals surface area contributed by atoms with Crippen LogP contribution in [-0.2, 0) is 6.54 Å². The minimum atomic E-state index is -4.22. The highest BCUT2D eigenvalue weighted by molar-refractivity contribution is 4.96. The van der Waals surface area contributed by atoms with E-state index >= 15 is 0 Å². The molecular formula is C12H18F3N3O. The lowest BCUT2D eigenvalue weighted by molar-refractivity contribution is -0.125. The van der Waals surface area contributed by atoms with Gasteiger partial charge in [-0.25, -0.2) is 0 Å². The van der Waals surface area contributed by atoms with Crippen molar-refractivity contribution in [1.82, 2.24) is 15.5 Å². The molecule has 0 spiro atoms. The second-order valence-electron chi connectivity index (χ2n) is 4.95. The van der Waals surface area contributed by atoms with Crippen molar-refractivity contribution < 1.29 is 17.7 Å². The van der Waals surface area contributed by atoms with Crippen molar-refractivity contribution in [3.63, 3.8) is 0 Å². The highest BCUT2D eigenvalue weighted by Crippen LogP contribution is 2.29. The van der Waals surface area contributed by atoms with Crippen molar-refractivity contribution in [2.75, 3.05) is 6.54 Å². The second kappa shape index (κ2) is 6.36. The molecule has 1 aliphatic carbocycles. The average Bonchev–Trinajstić information content (AvgIpc) is 2.62. The number of alkyl halides is 3. The molecule has 0 amide bonds. The van der Waals surface area contributed by atoms with E-state index in [1.807, 2.05) is 0 Å². The van der Waals surface area contributed by atoms with Crippen molar-refractivity contribution in [3.8, 4) is 0 Å². The first-order chi connectivity index (χ1) is 9.04. The van der Waals surface area contributed by atoms with Gasteiger partial charge in [-0.3, -0.25) is 0 Å². The molecule has 0 aromatic carbocycles. The van der Waals surface area contributed by atoms with Gasteiger partial charge in [0.2, 0.25) is 5.89 Å². The maximum atomic E-state index is 12.0. The van der Waals surface area contributed by atoms with Gasteiger partial charge in [-0.05, 0) is 12.8 Å². The van der Waals surface area contributed by atoms with Gasteiger partial charge in [-0.2, -0.15) is 18.2 Å². The van der Waals surface area contributed by atoms with Gasteiger partial charge in [0.05, 0.1) is 13.1 Å². The summed E-state index contributed by atoms with van der Waals surface area (Å²) in [6, 6.07) is 0. The number of halogens is 3. The quantitative estimate of drug-likeness (QED) is 0.859. The fourth-order valence-electron chi connectivity index (χ4n) is 2.35. The standard InChI is InChI=1S/C12H18F3N3O/c13-12(14,15)8-16-7-10-17-11(18-19-10)9-5-3-1-2-4-6-9/h9,16H,1-8H2. The van der Waals surface area contributed by atoms with E-state index in [9.17, 15) is 13.2 Å². The summed E-state index contributed by atoms with van der Waals surface area (Å²) in [6.45, 7) is -1.09. The highest BCUT2D eigenvalue weighted by Gasteiger charge is 2.26. The molecule has 19 heavy (non-hydrogen) atoms. The molecule has 0 atom stereocenters. The predicted molar refractivity (Wildman–Crippen MR) is 62.5 cm³/mol. The number of hydrogen-bond donors (Lipinski definition) is 1. The molecule has 7 heteroatoms. The largest absolute Gasteiger partial charge is 0.401 e. The smallest absolute Gasteiger partial charge is 0.338 e. The summed E-state index contributed by atoms with van der Waals surface area (Å²) >= 11 is 0. The van der Waals surface area contributed by atoms with Crippen LogP contribution in [0.1, 0.15) is 56.2 Å². The Bertz CT molecular complexity index is 384. The molecule has 108 valence electrons. The molecule has 1 heterocycles. The third-order valence-corrected chi connectivity index (χ3v) is 3.31. The van der Waals surface area contributed by atoms with Gasteiger partial charge in [0, 0.05) is 5.92 Å². The summed E-state index contributed by atoms with van der Waals surface area (Å²) in [6.07, 6.45) is 2.62. The third-order valence-electron chi connectivity index (χ3n) is 3.31. The van der Waals surface area contributed by atoms with Crippen LogP contribution < -0.4 is 5.32 Å². The van der Waals surface area contributed by atoms with E-state index < -0.39 is 12.7 Å². The van der Waals surface area contributed by atoms with Crippen LogP contribution in [-0.4, -0.2) is 22.9 Å². The molecule has 0 bridgehead atoms. The summed E-state index contributed by atoms with van der Waals surface area (Å²) in [5, 5.41) is 6.14. The average molecular weight is 277 g/mol. The summed E-state index contributed by atoms with van der Waals surface area (Å²) in [5.41, 5.74) is 0. The Morgan fingerprint density at radius 3 is 2.47 bits per heavy atom. The minimum absolute atomic E-state index is 0.0424. The van der Waals surface area contributed by atoms with E-state index in [1.165, 1.54) is 12.8 Å². The van der Waals surface area contributed by atoms with Crippen LogP contribution in [0, 0.1) is 0 Å². The Kier molecular flexibility index (Phi) is 4.79. The summed E-state index contributed by atoms with van der Waals surface area (Å²) in [4.78, 5) is 4.19. The first-order valence-corrected chi connectivity index (χ1v) is 6.64. The van der Waals surface area contributed by atoms with Crippen LogP contribution in [0.5, 0.6) is 0 Å². The lowest BCUT2D eigenvalue weighted by Crippen LogP contribution is -2.28. The predicted octanol–water partition coefficient (Wildman–Crippen LogP) is 3.16. The van der Waals surface area contributed by atoms with Gasteiger partial charge in [0.1, 0.15) is 0 Å². The maximum absolute atomic E-state index is 12.0. The van der Waals surface area contributed by atoms with Crippen molar-refractivity contribution in [2.45, 2.75) is 57.2 Å². The van der Waals surface area contributed by atoms with E-state index in [-0.39, 0.29) is 12.4 Å². The lowest BCUT2D eigenvalue weighted by Gasteiger charge is -2.07. The topological polar surface area (TPSA) is 51.0 Å². The van der Waals surface area contributed by atoms with Crippen LogP contribution in [0.25, 0.3) is 0 Å². The maximum Gasteiger partial charge on any atom is 0.401 e. The van der Waals surface area contributed by atoms with E-state index in [2.05, 4.69) is 15.5 Å². The van der Waals surface area contributed by atoms with E-state index in [0.29, 0.717) is 11.7 Å². The number of nitrogens with zero attached hydrogens (tertiary/aromatic N) is 2. The van der Waals surface area contributed by atoms with Gasteiger partial charge < -0.3 is 9.84 Å². The molecule has 1 fully saturated rings. The fourth-order valence-corrected chi connectivity index (χ4v) is 2.35. The first-order valence-electron chi connectivity index (χ1n) is 6.64. The Morgan fingerprint density at radius 2 is 1.84 bits per heavy atom. The highest BCUT2D eigenvalue weighted by atomic mass is 19.4. The van der Waals surface area contributed by atoms with Crippen LogP contribution >= 0.6 is 0 Å². The monoisotopic (exact) mass is 277 g/mol. The third kappa shape index (κ3) is 4.81. The molecule has 1 saturated carbocycles. The second-order valence-corrected chi connectivity index (χ2v) is 4.95. The van der Waals surface area contributed by atoms with Crippen molar-refractivity contribution in [3.05, 3.63) is 11.7 Å². The van der Waals surface area contributed by atoms with Crippen LogP contribution in [0.15, 0.2) is 4.52 Å². The molecule has 1 aromatic rings. The van der Waals surface area contributed by atoms with Crippen molar-refractivity contribution in [2.24, 2.45) is 0 Å². The Hall–Kier alpha value is -1.11. The molecule has 1 aliphatic rings. The molecular weight excluding hydrogens is 259 g/mol. The zero-order chi connectivity index (χ0) is 13.7. The molecule has 0 radical (unpaired) electrons. The van der Waals surface area contributed by atoms with Gasteiger partial charge in [-0.1, -0.05) is 30.8 Å². The molecule has 0 saturated heterocycles. The van der Waals surface area contributed by atoms with E-state index in [0.717, 1.165) is 25.7 Å². The zero-order valence-electron chi connectivity index (χ0n) is 10.7. The number of hydrogen-bond acceptors (Lipinski definition) is 4. The molecule has 2 rings (SSSR count). The van der Waals surface area contributed by atoms with Gasteiger partial charge in [0.15, 0.2) is 5.82 Å². The summed E-state index contributed by atoms with van der Waals surface area (Å²) < 4.78 is 40.9. The molecule has 1 aromatic heterocycles. The van der Waals surface area contributed by atoms with Crippen LogP contribution in [0.2, 0.25) is 0 Å². The number of rotatable bonds is 4. The van der Waals surface area contributed by atoms with Crippen molar-refractivity contribution >= 4 is 0 Å².